The topological polar surface area (TPSA) is 355 Å². The van der Waals surface area contributed by atoms with Crippen molar-refractivity contribution in [2.24, 2.45) is 0 Å². The summed E-state index contributed by atoms with van der Waals surface area (Å²) in [7, 11) is -1.11. The van der Waals surface area contributed by atoms with E-state index in [1.54, 1.807) is 45.3 Å². The lowest BCUT2D eigenvalue weighted by Gasteiger charge is -2.34. The molecular weight excluding hydrogens is 1530 g/mol. The van der Waals surface area contributed by atoms with Gasteiger partial charge in [0.25, 0.3) is 0 Å². The zero-order valence-corrected chi connectivity index (χ0v) is 70.2. The molecule has 8 aromatic heterocycles. The van der Waals surface area contributed by atoms with Gasteiger partial charge < -0.3 is 92.8 Å². The van der Waals surface area contributed by atoms with Crippen LogP contribution in [0.25, 0.3) is 44.1 Å². The van der Waals surface area contributed by atoms with E-state index in [2.05, 4.69) is 85.1 Å². The molecule has 0 aliphatic carbocycles. The molecule has 0 unspecified atom stereocenters. The number of carbonyl (C=O) groups excluding carboxylic acids is 4. The first-order valence-corrected chi connectivity index (χ1v) is 43.0. The lowest BCUT2D eigenvalue weighted by molar-refractivity contribution is -0.131. The summed E-state index contributed by atoms with van der Waals surface area (Å²) in [6.07, 6.45) is 21.1. The summed E-state index contributed by atoms with van der Waals surface area (Å²) < 4.78 is 48.2. The number of carbonyl (C=O) groups is 4. The van der Waals surface area contributed by atoms with Gasteiger partial charge in [-0.1, -0.05) is 42.8 Å². The lowest BCUT2D eigenvalue weighted by atomic mass is 10.1. The van der Waals surface area contributed by atoms with Gasteiger partial charge in [0.15, 0.2) is 0 Å². The van der Waals surface area contributed by atoms with E-state index < -0.39 is 31.0 Å². The van der Waals surface area contributed by atoms with Gasteiger partial charge in [0, 0.05) is 94.5 Å². The number of benzene rings is 1. The number of rotatable bonds is 16. The number of hydrogen-bond acceptors (Lipinski definition) is 23. The van der Waals surface area contributed by atoms with Crippen molar-refractivity contribution in [2.45, 2.75) is 206 Å². The van der Waals surface area contributed by atoms with Gasteiger partial charge in [-0.05, 0) is 182 Å². The second kappa shape index (κ2) is 40.8. The number of anilines is 1. The fourth-order valence-corrected chi connectivity index (χ4v) is 14.1. The highest BCUT2D eigenvalue weighted by Crippen LogP contribution is 2.31. The molecule has 35 heteroatoms. The largest absolute Gasteiger partial charge is 0.472 e. The number of aromatic amines is 3. The van der Waals surface area contributed by atoms with Crippen LogP contribution in [0.4, 0.5) is 20.1 Å². The van der Waals surface area contributed by atoms with Crippen LogP contribution in [0.5, 0.6) is 23.5 Å². The maximum Gasteiger partial charge on any atom is 0.410 e. The standard InChI is InChI=1S/C22H36N4O4Si.C19H19Cl2N5O2.C16H22N4O3.C11H14N4O.C10H19NO3.ClH/c1-22(2,3)30-21(27)25-10-7-8-17(14-25)29-20-18-9-11-26(19(18)23-15-24-20)16-28-12-13-31(4,5)6;20-12-6-13(21)8-14(7-12)23-9-17(27)26-5-1-2-15(10-26)28-19-16-3-4-22-18(16)24-11-25-19;1-16(2,3)23-15(21)20-8-4-5-11(9-20)22-14-12-6-7-17-13(12)18-10-19-14;1-2-8(6-12-4-1)16-11-9-3-5-13-10(9)14-7-15-11;1-10(2,3)14-9(13)11-6-4-5-8(12)7-11;/h9,11,15,17H,7-8,10,12-14,16H2,1-6H3;3-4,6-8,11,15,23H,1-2,5,9-10H2,(H,22,24,25);6-7,10-11H,4-5,8-9H2,1-3H3,(H,17,18,19);3,5,7-8,12H,1-2,4,6H2,(H,13,14,15);8,12H,4-7H2,1-3H3;1H/t17-;15-;11-;2*8-;/m00000./s1. The van der Waals surface area contributed by atoms with Gasteiger partial charge in [-0.2, -0.15) is 0 Å². The second-order valence-corrected chi connectivity index (χ2v) is 39.0. The van der Waals surface area contributed by atoms with Crippen LogP contribution >= 0.6 is 35.6 Å². The molecule has 9 aromatic rings. The van der Waals surface area contributed by atoms with Crippen molar-refractivity contribution in [3.8, 4) is 23.5 Å². The molecule has 0 radical (unpaired) electrons. The average molecular weight is 1640 g/mol. The summed E-state index contributed by atoms with van der Waals surface area (Å²) in [6.45, 7) is 31.8. The normalized spacial score (nSPS) is 18.8. The number of aliphatic hydroxyl groups is 1. The number of aliphatic hydroxyl groups excluding tert-OH is 1. The smallest absolute Gasteiger partial charge is 0.410 e. The summed E-state index contributed by atoms with van der Waals surface area (Å²) in [5, 5.41) is 20.3. The summed E-state index contributed by atoms with van der Waals surface area (Å²) in [5.74, 6) is 2.31. The van der Waals surface area contributed by atoms with E-state index in [0.717, 1.165) is 134 Å². The predicted molar refractivity (Wildman–Crippen MR) is 438 cm³/mol. The van der Waals surface area contributed by atoms with E-state index in [1.807, 2.05) is 108 Å². The summed E-state index contributed by atoms with van der Waals surface area (Å²) in [6, 6.07) is 13.9. The molecule has 5 aliphatic rings. The highest BCUT2D eigenvalue weighted by molar-refractivity contribution is 6.76. The second-order valence-electron chi connectivity index (χ2n) is 32.5. The van der Waals surface area contributed by atoms with Gasteiger partial charge in [-0.3, -0.25) is 4.79 Å². The van der Waals surface area contributed by atoms with Crippen LogP contribution in [-0.2, 0) is 30.5 Å². The van der Waals surface area contributed by atoms with Gasteiger partial charge in [0.1, 0.15) is 95.8 Å². The van der Waals surface area contributed by atoms with Gasteiger partial charge in [0.05, 0.1) is 53.8 Å². The first-order chi connectivity index (χ1) is 53.3. The number of fused-ring (bicyclic) bond motifs is 4. The number of β-amino-alcohol motifs (C(OH)–C–C–N with tert-alkyl or cyclic N) is 1. The summed E-state index contributed by atoms with van der Waals surface area (Å²) in [5.41, 5.74) is 2.35. The lowest BCUT2D eigenvalue weighted by Crippen LogP contribution is -2.46. The molecular formula is C78H111Cl3N18O13Si. The first-order valence-electron chi connectivity index (χ1n) is 38.5. The Balaban J connectivity index is 0.000000166. The zero-order chi connectivity index (χ0) is 80.2. The predicted octanol–water partition coefficient (Wildman–Crippen LogP) is 13.9. The van der Waals surface area contributed by atoms with E-state index in [-0.39, 0.29) is 67.6 Å². The van der Waals surface area contributed by atoms with Gasteiger partial charge >= 0.3 is 18.3 Å². The molecule has 5 saturated heterocycles. The molecule has 0 bridgehead atoms. The number of piperidine rings is 5. The third-order valence-electron chi connectivity index (χ3n) is 18.2. The van der Waals surface area contributed by atoms with E-state index in [9.17, 15) is 24.3 Å². The molecule has 14 rings (SSSR count). The number of nitrogens with one attached hydrogen (secondary N) is 5. The number of amides is 4. The van der Waals surface area contributed by atoms with Crippen LogP contribution in [0.15, 0.2) is 92.6 Å². The number of nitrogens with zero attached hydrogens (tertiary/aromatic N) is 13. The van der Waals surface area contributed by atoms with Gasteiger partial charge in [0.2, 0.25) is 29.4 Å². The average Bonchev–Trinajstić information content (AvgIpc) is 1.73. The highest BCUT2D eigenvalue weighted by Gasteiger charge is 2.33. The van der Waals surface area contributed by atoms with Crippen LogP contribution in [0, 0.1) is 0 Å². The minimum Gasteiger partial charge on any atom is -0.472 e. The maximum absolute atomic E-state index is 12.6. The molecule has 0 saturated carbocycles. The number of hydrogen-bond donors (Lipinski definition) is 6. The fourth-order valence-electron chi connectivity index (χ4n) is 12.8. The maximum atomic E-state index is 12.6. The number of aromatic nitrogens is 12. The minimum atomic E-state index is -1.11. The van der Waals surface area contributed by atoms with Crippen molar-refractivity contribution in [2.75, 3.05) is 83.9 Å². The van der Waals surface area contributed by atoms with Crippen molar-refractivity contribution in [1.82, 2.24) is 84.3 Å². The van der Waals surface area contributed by atoms with Crippen LogP contribution in [0.2, 0.25) is 35.7 Å². The molecule has 5 fully saturated rings. The van der Waals surface area contributed by atoms with E-state index in [4.69, 9.17) is 61.1 Å². The van der Waals surface area contributed by atoms with Crippen LogP contribution in [-0.4, -0.2) is 242 Å². The Morgan fingerprint density at radius 1 is 0.522 bits per heavy atom. The molecule has 31 nitrogen and oxygen atoms in total. The summed E-state index contributed by atoms with van der Waals surface area (Å²) in [4.78, 5) is 98.6. The molecule has 616 valence electrons. The number of likely N-dealkylation sites (tertiary alicyclic amines) is 4. The van der Waals surface area contributed by atoms with E-state index in [0.29, 0.717) is 98.3 Å². The van der Waals surface area contributed by atoms with Crippen molar-refractivity contribution in [1.29, 1.82) is 0 Å². The number of ether oxygens (including phenoxy) is 8. The highest BCUT2D eigenvalue weighted by atomic mass is 35.5. The van der Waals surface area contributed by atoms with Gasteiger partial charge in [-0.15, -0.1) is 12.4 Å². The Morgan fingerprint density at radius 3 is 1.36 bits per heavy atom. The molecule has 6 N–H and O–H groups in total. The van der Waals surface area contributed by atoms with Crippen molar-refractivity contribution in [3.63, 3.8) is 0 Å². The van der Waals surface area contributed by atoms with Crippen molar-refractivity contribution < 1.29 is 62.2 Å². The van der Waals surface area contributed by atoms with E-state index in [1.165, 1.54) is 25.3 Å². The molecule has 4 amide bonds. The molecule has 13 heterocycles. The third-order valence-corrected chi connectivity index (χ3v) is 20.3. The molecule has 0 spiro atoms. The van der Waals surface area contributed by atoms with Crippen molar-refractivity contribution in [3.05, 3.63) is 103 Å². The van der Waals surface area contributed by atoms with Crippen LogP contribution in [0.1, 0.15) is 127 Å². The van der Waals surface area contributed by atoms with Crippen molar-refractivity contribution >= 4 is 118 Å². The zero-order valence-electron chi connectivity index (χ0n) is 66.8. The fraction of sp³-hybridized carbons (Fsp3) is 0.564. The Morgan fingerprint density at radius 2 is 0.929 bits per heavy atom. The monoisotopic (exact) mass is 1640 g/mol. The Kier molecular flexibility index (Phi) is 31.7. The molecule has 5 atom stereocenters. The third kappa shape index (κ3) is 27.9. The Hall–Kier alpha value is -9.05. The quantitative estimate of drug-likeness (QED) is 0.0297. The number of halogens is 3. The number of H-pyrrole nitrogens is 3. The Labute approximate surface area is 676 Å². The minimum absolute atomic E-state index is 0. The first kappa shape index (κ1) is 87.9. The Bertz CT molecular complexity index is 4500. The SMILES string of the molecule is CC(C)(C)OC(=O)N1CCC[C@H](O)C1.CC(C)(C)OC(=O)N1CCC[C@H](Oc2ncnc3[nH]ccc23)C1.CC(C)(C)OC(=O)N1CCC[C@H](Oc2ncnc3c2ccn3COCC[Si](C)(C)C)C1.Cl.O=C(CNc1cc(Cl)cc(Cl)c1)N1CCC[C@H](Oc2ncnc3[nH]ccc23)C1.c1nc(O[C@H]2CCCNC2)c2cc[nH]c2n1. The summed E-state index contributed by atoms with van der Waals surface area (Å²) >= 11 is 12.0. The molecule has 5 aliphatic heterocycles. The van der Waals surface area contributed by atoms with E-state index >= 15 is 0 Å². The van der Waals surface area contributed by atoms with Gasteiger partial charge in [-0.25, -0.2) is 54.3 Å². The van der Waals surface area contributed by atoms with Crippen LogP contribution < -0.4 is 29.6 Å². The van der Waals surface area contributed by atoms with Crippen LogP contribution in [0.3, 0.4) is 0 Å². The molecule has 1 aromatic carbocycles. The molecule has 113 heavy (non-hydrogen) atoms.